The fourth-order valence-corrected chi connectivity index (χ4v) is 3.95. The molecule has 1 saturated heterocycles. The van der Waals surface area contributed by atoms with Crippen molar-refractivity contribution in [2.45, 2.75) is 19.1 Å². The van der Waals surface area contributed by atoms with Crippen LogP contribution in [0.2, 0.25) is 0 Å². The van der Waals surface area contributed by atoms with Crippen molar-refractivity contribution in [1.29, 1.82) is 0 Å². The second kappa shape index (κ2) is 8.76. The van der Waals surface area contributed by atoms with Crippen molar-refractivity contribution < 1.29 is 19.4 Å². The molecule has 1 unspecified atom stereocenters. The Labute approximate surface area is 157 Å². The van der Waals surface area contributed by atoms with Gasteiger partial charge in [0.2, 0.25) is 0 Å². The van der Waals surface area contributed by atoms with Gasteiger partial charge in [0.25, 0.3) is 5.91 Å². The summed E-state index contributed by atoms with van der Waals surface area (Å²) < 4.78 is 5.71. The topological polar surface area (TPSA) is 66.8 Å². The molecule has 0 spiro atoms. The number of para-hydroxylation sites is 1. The number of rotatable bonds is 6. The number of amides is 1. The molecule has 0 aliphatic carbocycles. The third-order valence-corrected chi connectivity index (χ3v) is 5.34. The third kappa shape index (κ3) is 4.79. The molecule has 5 nitrogen and oxygen atoms in total. The van der Waals surface area contributed by atoms with Gasteiger partial charge in [0.05, 0.1) is 12.5 Å². The highest BCUT2D eigenvalue weighted by Gasteiger charge is 2.29. The zero-order valence-corrected chi connectivity index (χ0v) is 15.2. The second-order valence-electron chi connectivity index (χ2n) is 6.12. The first-order valence-corrected chi connectivity index (χ1v) is 9.66. The molecule has 2 aromatic rings. The fourth-order valence-electron chi connectivity index (χ4n) is 2.89. The Morgan fingerprint density at radius 1 is 1.12 bits per heavy atom. The number of carbonyl (C=O) groups is 2. The highest BCUT2D eigenvalue weighted by atomic mass is 32.2. The molecule has 2 aromatic carbocycles. The Kier molecular flexibility index (Phi) is 6.17. The van der Waals surface area contributed by atoms with E-state index >= 15 is 0 Å². The monoisotopic (exact) mass is 371 g/mol. The van der Waals surface area contributed by atoms with Crippen LogP contribution >= 0.6 is 11.8 Å². The summed E-state index contributed by atoms with van der Waals surface area (Å²) in [6.07, 6.45) is -0.0122. The van der Waals surface area contributed by atoms with Gasteiger partial charge in [0.1, 0.15) is 12.4 Å². The van der Waals surface area contributed by atoms with E-state index in [2.05, 4.69) is 0 Å². The molecule has 1 fully saturated rings. The van der Waals surface area contributed by atoms with Crippen molar-refractivity contribution in [1.82, 2.24) is 4.90 Å². The van der Waals surface area contributed by atoms with E-state index in [1.54, 1.807) is 28.8 Å². The number of hydrogen-bond acceptors (Lipinski definition) is 4. The van der Waals surface area contributed by atoms with Gasteiger partial charge in [-0.2, -0.15) is 11.8 Å². The van der Waals surface area contributed by atoms with Gasteiger partial charge in [0, 0.05) is 23.6 Å². The van der Waals surface area contributed by atoms with E-state index in [0.29, 0.717) is 24.5 Å². The lowest BCUT2D eigenvalue weighted by atomic mass is 10.1. The van der Waals surface area contributed by atoms with Gasteiger partial charge < -0.3 is 14.7 Å². The van der Waals surface area contributed by atoms with E-state index < -0.39 is 5.97 Å². The Bertz CT molecular complexity index is 748. The SMILES string of the molecule is O=C(O)CC1CSCCN1C(=O)c1ccc(COc2ccccc2)cc1. The van der Waals surface area contributed by atoms with E-state index in [1.807, 2.05) is 42.5 Å². The number of carboxylic acids is 1. The summed E-state index contributed by atoms with van der Waals surface area (Å²) in [6.45, 7) is 1.01. The number of ether oxygens (including phenoxy) is 1. The van der Waals surface area contributed by atoms with Gasteiger partial charge in [-0.1, -0.05) is 30.3 Å². The molecular weight excluding hydrogens is 350 g/mol. The predicted molar refractivity (Wildman–Crippen MR) is 102 cm³/mol. The first-order chi connectivity index (χ1) is 12.6. The van der Waals surface area contributed by atoms with Crippen molar-refractivity contribution in [3.63, 3.8) is 0 Å². The first-order valence-electron chi connectivity index (χ1n) is 8.51. The fraction of sp³-hybridized carbons (Fsp3) is 0.300. The third-order valence-electron chi connectivity index (χ3n) is 4.25. The normalized spacial score (nSPS) is 16.9. The Balaban J connectivity index is 1.63. The molecule has 1 aliphatic rings. The molecule has 3 rings (SSSR count). The van der Waals surface area contributed by atoms with Crippen LogP contribution < -0.4 is 4.74 Å². The first kappa shape index (κ1) is 18.3. The number of benzene rings is 2. The van der Waals surface area contributed by atoms with Crippen LogP contribution in [0, 0.1) is 0 Å². The number of carboxylic acid groups (broad SMARTS) is 1. The van der Waals surface area contributed by atoms with Gasteiger partial charge in [-0.15, -0.1) is 0 Å². The average molecular weight is 371 g/mol. The number of aliphatic carboxylic acids is 1. The van der Waals surface area contributed by atoms with Crippen molar-refractivity contribution in [2.24, 2.45) is 0 Å². The highest BCUT2D eigenvalue weighted by molar-refractivity contribution is 7.99. The molecule has 1 aliphatic heterocycles. The molecule has 0 radical (unpaired) electrons. The number of nitrogens with zero attached hydrogens (tertiary/aromatic N) is 1. The van der Waals surface area contributed by atoms with E-state index in [4.69, 9.17) is 9.84 Å². The highest BCUT2D eigenvalue weighted by Crippen LogP contribution is 2.22. The van der Waals surface area contributed by atoms with Gasteiger partial charge >= 0.3 is 5.97 Å². The van der Waals surface area contributed by atoms with Crippen LogP contribution in [0.5, 0.6) is 5.75 Å². The average Bonchev–Trinajstić information content (AvgIpc) is 2.67. The van der Waals surface area contributed by atoms with Crippen molar-refractivity contribution >= 4 is 23.6 Å². The number of thioether (sulfide) groups is 1. The van der Waals surface area contributed by atoms with E-state index in [-0.39, 0.29) is 18.4 Å². The summed E-state index contributed by atoms with van der Waals surface area (Å²) in [4.78, 5) is 25.5. The van der Waals surface area contributed by atoms with Crippen LogP contribution in [0.3, 0.4) is 0 Å². The van der Waals surface area contributed by atoms with Crippen LogP contribution in [-0.4, -0.2) is 46.0 Å². The molecule has 26 heavy (non-hydrogen) atoms. The summed E-state index contributed by atoms with van der Waals surface area (Å²) in [5, 5.41) is 9.06. The lowest BCUT2D eigenvalue weighted by Crippen LogP contribution is -2.47. The lowest BCUT2D eigenvalue weighted by molar-refractivity contribution is -0.138. The zero-order valence-electron chi connectivity index (χ0n) is 14.3. The van der Waals surface area contributed by atoms with Gasteiger partial charge in [-0.05, 0) is 29.8 Å². The minimum Gasteiger partial charge on any atom is -0.489 e. The summed E-state index contributed by atoms with van der Waals surface area (Å²) in [5.74, 6) is 1.33. The summed E-state index contributed by atoms with van der Waals surface area (Å²) >= 11 is 1.69. The molecule has 0 saturated carbocycles. The standard InChI is InChI=1S/C20H21NO4S/c22-19(23)12-17-14-26-11-10-21(17)20(24)16-8-6-15(7-9-16)13-25-18-4-2-1-3-5-18/h1-9,17H,10-14H2,(H,22,23). The minimum absolute atomic E-state index is 0.0122. The Morgan fingerprint density at radius 3 is 2.54 bits per heavy atom. The van der Waals surface area contributed by atoms with Crippen LogP contribution in [0.15, 0.2) is 54.6 Å². The smallest absolute Gasteiger partial charge is 0.305 e. The van der Waals surface area contributed by atoms with Gasteiger partial charge in [-0.3, -0.25) is 9.59 Å². The molecule has 136 valence electrons. The Morgan fingerprint density at radius 2 is 1.85 bits per heavy atom. The largest absolute Gasteiger partial charge is 0.489 e. The molecule has 1 atom stereocenters. The maximum Gasteiger partial charge on any atom is 0.305 e. The van der Waals surface area contributed by atoms with Crippen LogP contribution in [-0.2, 0) is 11.4 Å². The van der Waals surface area contributed by atoms with E-state index in [1.165, 1.54) is 0 Å². The second-order valence-corrected chi connectivity index (χ2v) is 7.27. The summed E-state index contributed by atoms with van der Waals surface area (Å²) in [7, 11) is 0. The summed E-state index contributed by atoms with van der Waals surface area (Å²) in [6, 6.07) is 16.6. The zero-order chi connectivity index (χ0) is 18.4. The Hall–Kier alpha value is -2.47. The van der Waals surface area contributed by atoms with Crippen molar-refractivity contribution in [2.75, 3.05) is 18.1 Å². The van der Waals surface area contributed by atoms with Crippen LogP contribution in [0.1, 0.15) is 22.3 Å². The predicted octanol–water partition coefficient (Wildman–Crippen LogP) is 3.30. The van der Waals surface area contributed by atoms with Gasteiger partial charge in [0.15, 0.2) is 0 Å². The molecule has 1 amide bonds. The molecule has 1 heterocycles. The van der Waals surface area contributed by atoms with E-state index in [0.717, 1.165) is 17.1 Å². The maximum atomic E-state index is 12.8. The van der Waals surface area contributed by atoms with Crippen LogP contribution in [0.4, 0.5) is 0 Å². The van der Waals surface area contributed by atoms with E-state index in [9.17, 15) is 9.59 Å². The molecular formula is C20H21NO4S. The lowest BCUT2D eigenvalue weighted by Gasteiger charge is -2.34. The van der Waals surface area contributed by atoms with Crippen molar-refractivity contribution in [3.05, 3.63) is 65.7 Å². The minimum atomic E-state index is -0.872. The number of carbonyl (C=O) groups excluding carboxylic acids is 1. The maximum absolute atomic E-state index is 12.8. The van der Waals surface area contributed by atoms with Crippen molar-refractivity contribution in [3.8, 4) is 5.75 Å². The number of hydrogen-bond donors (Lipinski definition) is 1. The molecule has 6 heteroatoms. The van der Waals surface area contributed by atoms with Crippen LogP contribution in [0.25, 0.3) is 0 Å². The summed E-state index contributed by atoms with van der Waals surface area (Å²) in [5.41, 5.74) is 1.55. The molecule has 0 bridgehead atoms. The molecule has 0 aromatic heterocycles. The van der Waals surface area contributed by atoms with Gasteiger partial charge in [-0.25, -0.2) is 0 Å². The molecule has 1 N–H and O–H groups in total. The quantitative estimate of drug-likeness (QED) is 0.844.